The van der Waals surface area contributed by atoms with Crippen molar-refractivity contribution in [2.45, 2.75) is 63.9 Å². The molecule has 0 unspecified atom stereocenters. The average molecular weight is 318 g/mol. The lowest BCUT2D eigenvalue weighted by molar-refractivity contribution is -0.146. The molecule has 128 valence electrons. The molecular weight excluding hydrogens is 288 g/mol. The van der Waals surface area contributed by atoms with Gasteiger partial charge in [0.2, 0.25) is 0 Å². The van der Waals surface area contributed by atoms with Crippen LogP contribution in [0.25, 0.3) is 0 Å². The highest BCUT2D eigenvalue weighted by Gasteiger charge is 2.25. The third-order valence-corrected chi connectivity index (χ3v) is 4.28. The van der Waals surface area contributed by atoms with Crippen molar-refractivity contribution in [3.63, 3.8) is 0 Å². The number of aryl methyl sites for hydroxylation is 1. The zero-order chi connectivity index (χ0) is 16.9. The summed E-state index contributed by atoms with van der Waals surface area (Å²) in [7, 11) is 0. The van der Waals surface area contributed by atoms with Gasteiger partial charge >= 0.3 is 5.97 Å². The number of aliphatic hydroxyl groups is 1. The first-order valence-corrected chi connectivity index (χ1v) is 8.71. The van der Waals surface area contributed by atoms with Crippen LogP contribution in [-0.2, 0) is 11.2 Å². The van der Waals surface area contributed by atoms with E-state index < -0.39 is 18.0 Å². The first-order chi connectivity index (χ1) is 11.1. The minimum Gasteiger partial charge on any atom is -0.481 e. The predicted octanol–water partition coefficient (Wildman–Crippen LogP) is 4.60. The van der Waals surface area contributed by atoms with Crippen molar-refractivity contribution in [2.75, 3.05) is 0 Å². The van der Waals surface area contributed by atoms with Gasteiger partial charge in [-0.15, -0.1) is 6.58 Å². The van der Waals surface area contributed by atoms with Gasteiger partial charge in [0.15, 0.2) is 0 Å². The van der Waals surface area contributed by atoms with Gasteiger partial charge in [0, 0.05) is 0 Å². The van der Waals surface area contributed by atoms with Crippen LogP contribution in [0.4, 0.5) is 0 Å². The van der Waals surface area contributed by atoms with E-state index in [0.717, 1.165) is 37.7 Å². The SMILES string of the molecule is C=CCCCCCCC[C@@H](C(=O)O)[C@H](O)CCc1ccccc1. The van der Waals surface area contributed by atoms with Gasteiger partial charge in [-0.1, -0.05) is 62.1 Å². The van der Waals surface area contributed by atoms with E-state index in [0.29, 0.717) is 19.3 Å². The van der Waals surface area contributed by atoms with Crippen molar-refractivity contribution in [2.24, 2.45) is 5.92 Å². The maximum Gasteiger partial charge on any atom is 0.309 e. The van der Waals surface area contributed by atoms with Crippen LogP contribution in [0, 0.1) is 5.92 Å². The molecule has 0 saturated carbocycles. The predicted molar refractivity (Wildman–Crippen MR) is 94.4 cm³/mol. The number of rotatable bonds is 13. The number of hydrogen-bond acceptors (Lipinski definition) is 2. The molecule has 0 aliphatic rings. The number of unbranched alkanes of at least 4 members (excludes halogenated alkanes) is 5. The van der Waals surface area contributed by atoms with Gasteiger partial charge < -0.3 is 10.2 Å². The summed E-state index contributed by atoms with van der Waals surface area (Å²) in [5.41, 5.74) is 1.14. The highest BCUT2D eigenvalue weighted by molar-refractivity contribution is 5.70. The second kappa shape index (κ2) is 11.9. The maximum atomic E-state index is 11.4. The molecule has 0 bridgehead atoms. The van der Waals surface area contributed by atoms with Crippen molar-refractivity contribution in [1.82, 2.24) is 0 Å². The molecule has 0 radical (unpaired) electrons. The summed E-state index contributed by atoms with van der Waals surface area (Å²) in [6.45, 7) is 3.70. The van der Waals surface area contributed by atoms with E-state index in [1.54, 1.807) is 0 Å². The van der Waals surface area contributed by atoms with Gasteiger partial charge in [-0.25, -0.2) is 0 Å². The van der Waals surface area contributed by atoms with Crippen molar-refractivity contribution >= 4 is 5.97 Å². The van der Waals surface area contributed by atoms with Crippen LogP contribution in [-0.4, -0.2) is 22.3 Å². The molecule has 0 amide bonds. The number of benzene rings is 1. The molecule has 0 spiro atoms. The molecule has 0 aromatic heterocycles. The molecule has 0 saturated heterocycles. The maximum absolute atomic E-state index is 11.4. The molecule has 0 aliphatic carbocycles. The van der Waals surface area contributed by atoms with Gasteiger partial charge in [-0.2, -0.15) is 0 Å². The van der Waals surface area contributed by atoms with Crippen LogP contribution >= 0.6 is 0 Å². The molecule has 0 fully saturated rings. The third kappa shape index (κ3) is 8.56. The monoisotopic (exact) mass is 318 g/mol. The van der Waals surface area contributed by atoms with Crippen molar-refractivity contribution in [3.05, 3.63) is 48.6 Å². The summed E-state index contributed by atoms with van der Waals surface area (Å²) >= 11 is 0. The van der Waals surface area contributed by atoms with Gasteiger partial charge in [-0.3, -0.25) is 4.79 Å². The van der Waals surface area contributed by atoms with Gasteiger partial charge in [0.1, 0.15) is 0 Å². The molecular formula is C20H30O3. The summed E-state index contributed by atoms with van der Waals surface area (Å²) in [6, 6.07) is 9.89. The van der Waals surface area contributed by atoms with E-state index in [9.17, 15) is 15.0 Å². The number of aliphatic hydroxyl groups excluding tert-OH is 1. The number of carboxylic acid groups (broad SMARTS) is 1. The molecule has 0 aliphatic heterocycles. The van der Waals surface area contributed by atoms with Crippen LogP contribution in [0.5, 0.6) is 0 Å². The van der Waals surface area contributed by atoms with Gasteiger partial charge in [0.05, 0.1) is 12.0 Å². The van der Waals surface area contributed by atoms with Gasteiger partial charge in [0.25, 0.3) is 0 Å². The Morgan fingerprint density at radius 1 is 1.04 bits per heavy atom. The quantitative estimate of drug-likeness (QED) is 0.413. The Balaban J connectivity index is 2.27. The topological polar surface area (TPSA) is 57.5 Å². The van der Waals surface area contributed by atoms with E-state index in [4.69, 9.17) is 0 Å². The van der Waals surface area contributed by atoms with Crippen molar-refractivity contribution < 1.29 is 15.0 Å². The summed E-state index contributed by atoms with van der Waals surface area (Å²) < 4.78 is 0. The van der Waals surface area contributed by atoms with Crippen LogP contribution in [0.2, 0.25) is 0 Å². The lowest BCUT2D eigenvalue weighted by Gasteiger charge is -2.19. The van der Waals surface area contributed by atoms with Gasteiger partial charge in [-0.05, 0) is 37.7 Å². The van der Waals surface area contributed by atoms with E-state index in [2.05, 4.69) is 6.58 Å². The van der Waals surface area contributed by atoms with Crippen LogP contribution < -0.4 is 0 Å². The minimum absolute atomic E-state index is 0.500. The Morgan fingerprint density at radius 2 is 1.70 bits per heavy atom. The van der Waals surface area contributed by atoms with Crippen LogP contribution in [0.1, 0.15) is 56.9 Å². The molecule has 3 heteroatoms. The Morgan fingerprint density at radius 3 is 2.35 bits per heavy atom. The number of carbonyl (C=O) groups is 1. The Hall–Kier alpha value is -1.61. The van der Waals surface area contributed by atoms with E-state index in [-0.39, 0.29) is 0 Å². The van der Waals surface area contributed by atoms with Crippen molar-refractivity contribution in [3.8, 4) is 0 Å². The average Bonchev–Trinajstić information content (AvgIpc) is 2.56. The van der Waals surface area contributed by atoms with Crippen LogP contribution in [0.3, 0.4) is 0 Å². The zero-order valence-corrected chi connectivity index (χ0v) is 14.0. The smallest absolute Gasteiger partial charge is 0.309 e. The number of carboxylic acids is 1. The lowest BCUT2D eigenvalue weighted by atomic mass is 9.91. The summed E-state index contributed by atoms with van der Waals surface area (Å²) in [5, 5.41) is 19.6. The van der Waals surface area contributed by atoms with E-state index in [1.807, 2.05) is 36.4 Å². The van der Waals surface area contributed by atoms with Crippen LogP contribution in [0.15, 0.2) is 43.0 Å². The number of allylic oxidation sites excluding steroid dienone is 1. The summed E-state index contributed by atoms with van der Waals surface area (Å²) in [5.74, 6) is -1.52. The standard InChI is InChI=1S/C20H30O3/c1-2-3-4-5-6-7-11-14-18(20(22)23)19(21)16-15-17-12-9-8-10-13-17/h2,8-10,12-13,18-19,21H,1,3-7,11,14-16H2,(H,22,23)/t18-,19-/m1/s1. The molecule has 1 rings (SSSR count). The largest absolute Gasteiger partial charge is 0.481 e. The fraction of sp³-hybridized carbons (Fsp3) is 0.550. The highest BCUT2D eigenvalue weighted by atomic mass is 16.4. The normalized spacial score (nSPS) is 13.4. The Kier molecular flexibility index (Phi) is 10.0. The molecule has 0 heterocycles. The first kappa shape index (κ1) is 19.4. The molecule has 1 aromatic carbocycles. The zero-order valence-electron chi connectivity index (χ0n) is 14.0. The summed E-state index contributed by atoms with van der Waals surface area (Å²) in [4.78, 5) is 11.4. The highest BCUT2D eigenvalue weighted by Crippen LogP contribution is 2.19. The Labute approximate surface area is 140 Å². The molecule has 2 atom stereocenters. The number of hydrogen-bond donors (Lipinski definition) is 2. The number of aliphatic carboxylic acids is 1. The van der Waals surface area contributed by atoms with E-state index >= 15 is 0 Å². The molecule has 3 nitrogen and oxygen atoms in total. The van der Waals surface area contributed by atoms with E-state index in [1.165, 1.54) is 6.42 Å². The second-order valence-electron chi connectivity index (χ2n) is 6.17. The third-order valence-electron chi connectivity index (χ3n) is 4.28. The minimum atomic E-state index is -0.878. The molecule has 23 heavy (non-hydrogen) atoms. The molecule has 2 N–H and O–H groups in total. The Bertz CT molecular complexity index is 441. The van der Waals surface area contributed by atoms with Crippen molar-refractivity contribution in [1.29, 1.82) is 0 Å². The fourth-order valence-electron chi connectivity index (χ4n) is 2.82. The fourth-order valence-corrected chi connectivity index (χ4v) is 2.82. The first-order valence-electron chi connectivity index (χ1n) is 8.71. The molecule has 1 aromatic rings. The lowest BCUT2D eigenvalue weighted by Crippen LogP contribution is -2.28. The second-order valence-corrected chi connectivity index (χ2v) is 6.17. The summed E-state index contributed by atoms with van der Waals surface area (Å²) in [6.07, 6.45) is 9.35.